The summed E-state index contributed by atoms with van der Waals surface area (Å²) in [6, 6.07) is 1.75. The molecule has 5 nitrogen and oxygen atoms in total. The number of hydrogen-bond donors (Lipinski definition) is 0. The van der Waals surface area contributed by atoms with Crippen molar-refractivity contribution < 1.29 is 9.53 Å². The molecule has 1 saturated heterocycles. The number of likely N-dealkylation sites (tertiary alicyclic amines) is 1. The first-order chi connectivity index (χ1) is 11.0. The van der Waals surface area contributed by atoms with E-state index in [9.17, 15) is 4.79 Å². The van der Waals surface area contributed by atoms with Crippen LogP contribution in [-0.4, -0.2) is 40.0 Å². The van der Waals surface area contributed by atoms with Crippen molar-refractivity contribution >= 4 is 28.8 Å². The minimum atomic E-state index is -0.0538. The van der Waals surface area contributed by atoms with Crippen LogP contribution in [0.5, 0.6) is 5.75 Å². The highest BCUT2D eigenvalue weighted by molar-refractivity contribution is 7.13. The first-order valence-corrected chi connectivity index (χ1v) is 8.73. The molecular weight excluding hydrogens is 334 g/mol. The van der Waals surface area contributed by atoms with Gasteiger partial charge < -0.3 is 9.64 Å². The van der Waals surface area contributed by atoms with Gasteiger partial charge in [-0.2, -0.15) is 0 Å². The number of carbonyl (C=O) groups excluding carboxylic acids is 1. The Morgan fingerprint density at radius 2 is 2.30 bits per heavy atom. The Morgan fingerprint density at radius 1 is 1.48 bits per heavy atom. The summed E-state index contributed by atoms with van der Waals surface area (Å²) in [5.41, 5.74) is 0.803. The number of aryl methyl sites for hydroxylation is 2. The molecule has 1 unspecified atom stereocenters. The third-order valence-electron chi connectivity index (χ3n) is 3.79. The van der Waals surface area contributed by atoms with Gasteiger partial charge in [0, 0.05) is 25.0 Å². The number of piperidine rings is 1. The molecule has 0 N–H and O–H groups in total. The molecule has 0 radical (unpaired) electrons. The van der Waals surface area contributed by atoms with Crippen molar-refractivity contribution in [1.82, 2.24) is 14.9 Å². The summed E-state index contributed by atoms with van der Waals surface area (Å²) in [6.07, 6.45) is 4.98. The third-order valence-corrected chi connectivity index (χ3v) is 5.14. The van der Waals surface area contributed by atoms with Crippen LogP contribution < -0.4 is 4.74 Å². The lowest BCUT2D eigenvalue weighted by atomic mass is 10.1. The van der Waals surface area contributed by atoms with Gasteiger partial charge in [0.05, 0.1) is 17.2 Å². The Morgan fingerprint density at radius 3 is 3.00 bits per heavy atom. The van der Waals surface area contributed by atoms with E-state index in [4.69, 9.17) is 16.3 Å². The van der Waals surface area contributed by atoms with E-state index < -0.39 is 0 Å². The highest BCUT2D eigenvalue weighted by Gasteiger charge is 2.28. The number of ether oxygens (including phenoxy) is 1. The molecule has 3 heterocycles. The minimum Gasteiger partial charge on any atom is -0.487 e. The molecule has 0 aliphatic carbocycles. The number of nitrogens with zero attached hydrogens (tertiary/aromatic N) is 3. The summed E-state index contributed by atoms with van der Waals surface area (Å²) in [5, 5.41) is 1.41. The van der Waals surface area contributed by atoms with E-state index >= 15 is 0 Å². The number of aromatic nitrogens is 2. The van der Waals surface area contributed by atoms with E-state index in [1.54, 1.807) is 18.5 Å². The average Bonchev–Trinajstić information content (AvgIpc) is 2.88. The van der Waals surface area contributed by atoms with Crippen molar-refractivity contribution in [2.75, 3.05) is 13.1 Å². The van der Waals surface area contributed by atoms with Gasteiger partial charge in [-0.25, -0.2) is 4.98 Å². The number of thiazole rings is 1. The summed E-state index contributed by atoms with van der Waals surface area (Å²) in [6.45, 7) is 5.11. The average molecular weight is 352 g/mol. The predicted octanol–water partition coefficient (Wildman–Crippen LogP) is 3.49. The molecule has 3 rings (SSSR count). The molecule has 0 spiro atoms. The predicted molar refractivity (Wildman–Crippen MR) is 90.4 cm³/mol. The van der Waals surface area contributed by atoms with E-state index in [-0.39, 0.29) is 12.0 Å². The first kappa shape index (κ1) is 16.2. The maximum atomic E-state index is 12.7. The lowest BCUT2D eigenvalue weighted by Crippen LogP contribution is -2.44. The minimum absolute atomic E-state index is 0.0437. The van der Waals surface area contributed by atoms with Crippen LogP contribution in [0.2, 0.25) is 5.02 Å². The number of pyridine rings is 1. The smallest absolute Gasteiger partial charge is 0.265 e. The second-order valence-corrected chi connectivity index (χ2v) is 7.20. The highest BCUT2D eigenvalue weighted by Crippen LogP contribution is 2.27. The fourth-order valence-corrected chi connectivity index (χ4v) is 3.78. The maximum absolute atomic E-state index is 12.7. The standard InChI is InChI=1S/C16H18ClN3O2S/c1-10-15(23-11(2)19-10)16(21)20-7-3-4-12(9-20)22-14-5-6-18-8-13(14)17/h5-6,8,12H,3-4,7,9H2,1-2H3. The number of carbonyl (C=O) groups is 1. The van der Waals surface area contributed by atoms with Crippen molar-refractivity contribution in [3.05, 3.63) is 39.1 Å². The fourth-order valence-electron chi connectivity index (χ4n) is 2.73. The SMILES string of the molecule is Cc1nc(C)c(C(=O)N2CCCC(Oc3ccncc3Cl)C2)s1. The highest BCUT2D eigenvalue weighted by atomic mass is 35.5. The summed E-state index contributed by atoms with van der Waals surface area (Å²) < 4.78 is 5.96. The monoisotopic (exact) mass is 351 g/mol. The molecule has 0 bridgehead atoms. The largest absolute Gasteiger partial charge is 0.487 e. The zero-order valence-corrected chi connectivity index (χ0v) is 14.7. The maximum Gasteiger partial charge on any atom is 0.265 e. The van der Waals surface area contributed by atoms with E-state index in [2.05, 4.69) is 9.97 Å². The van der Waals surface area contributed by atoms with Crippen LogP contribution in [0, 0.1) is 13.8 Å². The Bertz CT molecular complexity index is 719. The molecule has 122 valence electrons. The van der Waals surface area contributed by atoms with Crippen LogP contribution in [-0.2, 0) is 0 Å². The van der Waals surface area contributed by atoms with Gasteiger partial charge in [-0.05, 0) is 26.7 Å². The Kier molecular flexibility index (Phi) is 4.82. The van der Waals surface area contributed by atoms with Crippen LogP contribution in [0.1, 0.15) is 33.2 Å². The first-order valence-electron chi connectivity index (χ1n) is 7.54. The molecule has 0 saturated carbocycles. The summed E-state index contributed by atoms with van der Waals surface area (Å²) >= 11 is 7.54. The molecule has 0 aromatic carbocycles. The summed E-state index contributed by atoms with van der Waals surface area (Å²) in [4.78, 5) is 23.6. The van der Waals surface area contributed by atoms with Gasteiger partial charge >= 0.3 is 0 Å². The van der Waals surface area contributed by atoms with Crippen molar-refractivity contribution in [1.29, 1.82) is 0 Å². The van der Waals surface area contributed by atoms with Gasteiger partial charge in [-0.3, -0.25) is 9.78 Å². The van der Waals surface area contributed by atoms with Crippen LogP contribution in [0.25, 0.3) is 0 Å². The van der Waals surface area contributed by atoms with Gasteiger partial charge in [0.2, 0.25) is 0 Å². The Balaban J connectivity index is 1.70. The van der Waals surface area contributed by atoms with Gasteiger partial charge in [0.15, 0.2) is 0 Å². The van der Waals surface area contributed by atoms with Gasteiger partial charge in [-0.1, -0.05) is 11.6 Å². The van der Waals surface area contributed by atoms with Crippen LogP contribution in [0.3, 0.4) is 0 Å². The Hall–Kier alpha value is -1.66. The van der Waals surface area contributed by atoms with Gasteiger partial charge in [0.1, 0.15) is 21.8 Å². The van der Waals surface area contributed by atoms with E-state index in [1.807, 2.05) is 18.7 Å². The van der Waals surface area contributed by atoms with Crippen LogP contribution in [0.4, 0.5) is 0 Å². The van der Waals surface area contributed by atoms with Crippen molar-refractivity contribution in [2.45, 2.75) is 32.8 Å². The normalized spacial score (nSPS) is 18.0. The summed E-state index contributed by atoms with van der Waals surface area (Å²) in [7, 11) is 0. The van der Waals surface area contributed by atoms with Crippen LogP contribution in [0.15, 0.2) is 18.5 Å². The van der Waals surface area contributed by atoms with E-state index in [0.29, 0.717) is 17.3 Å². The molecule has 2 aromatic heterocycles. The summed E-state index contributed by atoms with van der Waals surface area (Å²) in [5.74, 6) is 0.660. The molecule has 1 fully saturated rings. The zero-order chi connectivity index (χ0) is 16.4. The molecule has 1 atom stereocenters. The molecule has 1 aliphatic rings. The topological polar surface area (TPSA) is 55.3 Å². The van der Waals surface area contributed by atoms with Crippen molar-refractivity contribution in [3.8, 4) is 5.75 Å². The number of halogens is 1. The molecule has 2 aromatic rings. The lowest BCUT2D eigenvalue weighted by Gasteiger charge is -2.32. The third kappa shape index (κ3) is 3.64. The zero-order valence-electron chi connectivity index (χ0n) is 13.1. The lowest BCUT2D eigenvalue weighted by molar-refractivity contribution is 0.0541. The molecule has 1 amide bonds. The number of hydrogen-bond acceptors (Lipinski definition) is 5. The molecule has 23 heavy (non-hydrogen) atoms. The second-order valence-electron chi connectivity index (χ2n) is 5.59. The second kappa shape index (κ2) is 6.84. The van der Waals surface area contributed by atoms with E-state index in [0.717, 1.165) is 35.0 Å². The quantitative estimate of drug-likeness (QED) is 0.849. The van der Waals surface area contributed by atoms with Gasteiger partial charge in [0.25, 0.3) is 5.91 Å². The number of amides is 1. The number of rotatable bonds is 3. The fraction of sp³-hybridized carbons (Fsp3) is 0.438. The van der Waals surface area contributed by atoms with Crippen molar-refractivity contribution in [2.24, 2.45) is 0 Å². The van der Waals surface area contributed by atoms with E-state index in [1.165, 1.54) is 11.3 Å². The molecular formula is C16H18ClN3O2S. The van der Waals surface area contributed by atoms with Crippen molar-refractivity contribution in [3.63, 3.8) is 0 Å². The molecule has 7 heteroatoms. The Labute approximate surface area is 144 Å². The van der Waals surface area contributed by atoms with Gasteiger partial charge in [-0.15, -0.1) is 11.3 Å². The molecule has 1 aliphatic heterocycles. The van der Waals surface area contributed by atoms with Crippen LogP contribution >= 0.6 is 22.9 Å².